The van der Waals surface area contributed by atoms with E-state index in [0.29, 0.717) is 18.2 Å². The van der Waals surface area contributed by atoms with Crippen molar-refractivity contribution in [2.45, 2.75) is 24.2 Å². The molecular weight excluding hydrogens is 376 g/mol. The Kier molecular flexibility index (Phi) is 5.16. The second-order valence-electron chi connectivity index (χ2n) is 4.49. The molecule has 0 heterocycles. The first-order valence-electron chi connectivity index (χ1n) is 5.86. The first kappa shape index (κ1) is 20.4. The molecule has 14 heteroatoms. The molecule has 1 aromatic rings. The molecule has 1 rings (SSSR count). The molecule has 1 amide bonds. The van der Waals surface area contributed by atoms with Crippen LogP contribution in [0, 0.1) is 10.1 Å². The number of hydrogen-bond acceptors (Lipinski definition) is 4. The van der Waals surface area contributed by atoms with Crippen LogP contribution >= 0.6 is 0 Å². The molecule has 0 aliphatic carbocycles. The quantitative estimate of drug-likeness (QED) is 0.341. The Bertz CT molecular complexity index is 695. The number of hydrogen-bond donors (Lipinski definition) is 2. The molecule has 0 radical (unpaired) electrons. The van der Waals surface area contributed by atoms with Crippen molar-refractivity contribution in [1.82, 2.24) is 0 Å². The van der Waals surface area contributed by atoms with Crippen LogP contribution in [-0.2, 0) is 4.79 Å². The lowest BCUT2D eigenvalue weighted by Gasteiger charge is -2.31. The smallest absolute Gasteiger partial charge is 0.393 e. The summed E-state index contributed by atoms with van der Waals surface area (Å²) in [5, 5.41) is 20.6. The second-order valence-corrected chi connectivity index (χ2v) is 4.49. The molecule has 25 heavy (non-hydrogen) atoms. The van der Waals surface area contributed by atoms with Gasteiger partial charge in [0.05, 0.1) is 16.7 Å². The van der Waals surface area contributed by atoms with Gasteiger partial charge in [0, 0.05) is 6.07 Å². The largest absolute Gasteiger partial charge is 0.506 e. The number of amides is 1. The predicted octanol–water partition coefficient (Wildman–Crippen LogP) is 3.41. The summed E-state index contributed by atoms with van der Waals surface area (Å²) in [5.41, 5.74) is -1.86. The van der Waals surface area contributed by atoms with Crippen LogP contribution in [-0.4, -0.2) is 40.1 Å². The Hall–Kier alpha value is -2.67. The highest BCUT2D eigenvalue weighted by atomic mass is 19.4. The van der Waals surface area contributed by atoms with Crippen molar-refractivity contribution in [3.63, 3.8) is 0 Å². The zero-order chi connectivity index (χ0) is 19.8. The normalized spacial score (nSPS) is 13.0. The fraction of sp³-hybridized carbons (Fsp3) is 0.364. The number of halogens is 8. The van der Waals surface area contributed by atoms with Gasteiger partial charge in [-0.15, -0.1) is 0 Å². The summed E-state index contributed by atoms with van der Waals surface area (Å²) in [6.07, 6.45) is -5.20. The number of aromatic hydroxyl groups is 1. The minimum absolute atomic E-state index is 0.333. The molecule has 0 fully saturated rings. The van der Waals surface area contributed by atoms with Crippen LogP contribution in [0.2, 0.25) is 0 Å². The average molecular weight is 382 g/mol. The van der Waals surface area contributed by atoms with Gasteiger partial charge in [-0.25, -0.2) is 8.78 Å². The number of nitro groups is 1. The number of benzene rings is 1. The van der Waals surface area contributed by atoms with Crippen LogP contribution < -0.4 is 5.32 Å². The predicted molar refractivity (Wildman–Crippen MR) is 64.2 cm³/mol. The molecule has 0 saturated heterocycles. The average Bonchev–Trinajstić information content (AvgIpc) is 2.48. The van der Waals surface area contributed by atoms with E-state index in [1.165, 1.54) is 0 Å². The first-order chi connectivity index (χ1) is 11.2. The van der Waals surface area contributed by atoms with E-state index < -0.39 is 52.1 Å². The number of anilines is 1. The zero-order valence-corrected chi connectivity index (χ0v) is 11.5. The van der Waals surface area contributed by atoms with Gasteiger partial charge in [0.2, 0.25) is 0 Å². The lowest BCUT2D eigenvalue weighted by molar-refractivity contribution is -0.384. The van der Waals surface area contributed by atoms with E-state index in [1.807, 2.05) is 0 Å². The maximum absolute atomic E-state index is 13.3. The van der Waals surface area contributed by atoms with E-state index in [2.05, 4.69) is 0 Å². The summed E-state index contributed by atoms with van der Waals surface area (Å²) in [5.74, 6) is -24.0. The van der Waals surface area contributed by atoms with Gasteiger partial charge in [0.25, 0.3) is 5.69 Å². The molecule has 2 N–H and O–H groups in total. The van der Waals surface area contributed by atoms with Crippen LogP contribution in [0.25, 0.3) is 0 Å². The van der Waals surface area contributed by atoms with Gasteiger partial charge in [-0.2, -0.15) is 26.3 Å². The molecule has 0 atom stereocenters. The fourth-order valence-corrected chi connectivity index (χ4v) is 1.43. The molecule has 0 bridgehead atoms. The van der Waals surface area contributed by atoms with E-state index in [1.54, 1.807) is 0 Å². The van der Waals surface area contributed by atoms with Crippen molar-refractivity contribution in [1.29, 1.82) is 0 Å². The Morgan fingerprint density at radius 1 is 1.16 bits per heavy atom. The van der Waals surface area contributed by atoms with E-state index in [0.717, 1.165) is 5.32 Å². The number of nitrogens with one attached hydrogen (secondary N) is 1. The van der Waals surface area contributed by atoms with Gasteiger partial charge in [-0.3, -0.25) is 14.9 Å². The van der Waals surface area contributed by atoms with Gasteiger partial charge < -0.3 is 10.4 Å². The van der Waals surface area contributed by atoms with Crippen molar-refractivity contribution < 1.29 is 49.9 Å². The number of phenolic OH excluding ortho intramolecular Hbond substituents is 1. The molecule has 0 unspecified atom stereocenters. The van der Waals surface area contributed by atoms with Crippen LogP contribution in [0.5, 0.6) is 5.75 Å². The van der Waals surface area contributed by atoms with Crippen molar-refractivity contribution in [3.05, 3.63) is 28.3 Å². The molecule has 140 valence electrons. The maximum atomic E-state index is 13.3. The number of carbonyl (C=O) groups is 1. The lowest BCUT2D eigenvalue weighted by Crippen LogP contribution is -2.61. The monoisotopic (exact) mass is 382 g/mol. The third-order valence-electron chi connectivity index (χ3n) is 2.81. The van der Waals surface area contributed by atoms with Gasteiger partial charge in [-0.05, 0) is 6.07 Å². The number of nitrogens with zero attached hydrogens (tertiary/aromatic N) is 1. The van der Waals surface area contributed by atoms with E-state index in [4.69, 9.17) is 0 Å². The minimum atomic E-state index is -6.77. The molecule has 0 spiro atoms. The molecule has 0 aliphatic heterocycles. The van der Waals surface area contributed by atoms with Crippen LogP contribution in [0.1, 0.15) is 0 Å². The number of rotatable bonds is 6. The highest BCUT2D eigenvalue weighted by Gasteiger charge is 2.78. The van der Waals surface area contributed by atoms with Gasteiger partial charge in [0.1, 0.15) is 5.75 Å². The topological polar surface area (TPSA) is 92.5 Å². The molecular formula is C11H6F8N2O4. The van der Waals surface area contributed by atoms with Gasteiger partial charge >= 0.3 is 30.1 Å². The summed E-state index contributed by atoms with van der Waals surface area (Å²) in [6, 6.07) is 1.32. The minimum Gasteiger partial charge on any atom is -0.506 e. The van der Waals surface area contributed by atoms with E-state index in [9.17, 15) is 55.1 Å². The van der Waals surface area contributed by atoms with Crippen molar-refractivity contribution in [3.8, 4) is 5.75 Å². The molecule has 6 nitrogen and oxygen atoms in total. The number of carbonyl (C=O) groups excluding carboxylic acids is 1. The highest BCUT2D eigenvalue weighted by Crippen LogP contribution is 2.49. The zero-order valence-electron chi connectivity index (χ0n) is 11.5. The number of non-ortho nitro benzene ring substituents is 1. The summed E-state index contributed by atoms with van der Waals surface area (Å²) >= 11 is 0. The van der Waals surface area contributed by atoms with Gasteiger partial charge in [0.15, 0.2) is 0 Å². The van der Waals surface area contributed by atoms with Crippen molar-refractivity contribution in [2.24, 2.45) is 0 Å². The van der Waals surface area contributed by atoms with E-state index >= 15 is 0 Å². The first-order valence-corrected chi connectivity index (χ1v) is 5.86. The van der Waals surface area contributed by atoms with Crippen molar-refractivity contribution in [2.75, 3.05) is 5.32 Å². The summed E-state index contributed by atoms with van der Waals surface area (Å²) in [6.45, 7) is 0. The third kappa shape index (κ3) is 3.41. The second kappa shape index (κ2) is 6.33. The summed E-state index contributed by atoms with van der Waals surface area (Å²) < 4.78 is 102. The van der Waals surface area contributed by atoms with Crippen LogP contribution in [0.4, 0.5) is 46.5 Å². The molecule has 0 aromatic heterocycles. The number of phenols is 1. The standard InChI is InChI=1S/C11H6F8N2O4/c12-7(13)9(14,15)11(18,19)10(16,17)8(23)20-5-2-1-4(21(24)25)3-6(5)22/h1-3,7,22H,(H,20,23). The number of nitro benzene ring substituents is 1. The Balaban J connectivity index is 3.16. The summed E-state index contributed by atoms with van der Waals surface area (Å²) in [7, 11) is 0. The van der Waals surface area contributed by atoms with Crippen LogP contribution in [0.15, 0.2) is 18.2 Å². The van der Waals surface area contributed by atoms with Crippen LogP contribution in [0.3, 0.4) is 0 Å². The maximum Gasteiger partial charge on any atom is 0.393 e. The van der Waals surface area contributed by atoms with Crippen molar-refractivity contribution >= 4 is 17.3 Å². The molecule has 0 aliphatic rings. The fourth-order valence-electron chi connectivity index (χ4n) is 1.43. The Morgan fingerprint density at radius 3 is 2.08 bits per heavy atom. The summed E-state index contributed by atoms with van der Waals surface area (Å²) in [4.78, 5) is 20.5. The number of alkyl halides is 8. The highest BCUT2D eigenvalue weighted by molar-refractivity contribution is 5.98. The lowest BCUT2D eigenvalue weighted by atomic mass is 10.0. The Labute approximate surface area is 132 Å². The van der Waals surface area contributed by atoms with E-state index in [-0.39, 0.29) is 0 Å². The SMILES string of the molecule is O=C(Nc1ccc([N+](=O)[O-])cc1O)C(F)(F)C(F)(F)C(F)(F)C(F)F. The molecule has 0 saturated carbocycles. The Morgan fingerprint density at radius 2 is 1.68 bits per heavy atom. The third-order valence-corrected chi connectivity index (χ3v) is 2.81. The van der Waals surface area contributed by atoms with Gasteiger partial charge in [-0.1, -0.05) is 0 Å². The molecule has 1 aromatic carbocycles.